The molecule has 0 saturated heterocycles. The first kappa shape index (κ1) is 18.7. The number of rotatable bonds is 2. The molecule has 0 aromatic heterocycles. The minimum atomic E-state index is -4.59. The smallest absolute Gasteiger partial charge is 0.268 e. The monoisotopic (exact) mass is 328 g/mol. The van der Waals surface area contributed by atoms with Crippen LogP contribution in [-0.4, -0.2) is 28.5 Å². The van der Waals surface area contributed by atoms with E-state index in [2.05, 4.69) is 5.43 Å². The minimum absolute atomic E-state index is 0.319. The number of hydrogen-bond donors (Lipinski definition) is 1. The Morgan fingerprint density at radius 3 is 2.04 bits per heavy atom. The topological polar surface area (TPSA) is 49.4 Å². The third kappa shape index (κ3) is 5.43. The van der Waals surface area contributed by atoms with Crippen LogP contribution in [0.15, 0.2) is 42.0 Å². The van der Waals surface area contributed by atoms with Gasteiger partial charge >= 0.3 is 6.18 Å². The van der Waals surface area contributed by atoms with E-state index in [1.807, 2.05) is 0 Å². The Labute approximate surface area is 132 Å². The van der Waals surface area contributed by atoms with E-state index in [1.54, 1.807) is 51.1 Å². The Kier molecular flexibility index (Phi) is 5.58. The summed E-state index contributed by atoms with van der Waals surface area (Å²) < 4.78 is 37.4. The molecule has 0 aliphatic heterocycles. The molecule has 1 aromatic rings. The zero-order chi connectivity index (χ0) is 17.8. The van der Waals surface area contributed by atoms with Crippen molar-refractivity contribution in [3.8, 4) is 0 Å². The number of allylic oxidation sites excluding steroid dienone is 1. The van der Waals surface area contributed by atoms with Crippen molar-refractivity contribution in [2.45, 2.75) is 39.4 Å². The van der Waals surface area contributed by atoms with Gasteiger partial charge in [0.05, 0.1) is 5.54 Å². The number of hydrazine groups is 1. The molecule has 2 amide bonds. The average molecular weight is 328 g/mol. The van der Waals surface area contributed by atoms with E-state index >= 15 is 0 Å². The number of hydrogen-bond acceptors (Lipinski definition) is 2. The highest BCUT2D eigenvalue weighted by Gasteiger charge is 2.32. The van der Waals surface area contributed by atoms with Crippen molar-refractivity contribution in [2.24, 2.45) is 0 Å². The lowest BCUT2D eigenvalue weighted by Gasteiger charge is -2.35. The van der Waals surface area contributed by atoms with E-state index in [-0.39, 0.29) is 0 Å². The fourth-order valence-corrected chi connectivity index (χ4v) is 1.65. The lowest BCUT2D eigenvalue weighted by molar-refractivity contribution is -0.123. The van der Waals surface area contributed by atoms with Crippen LogP contribution in [0, 0.1) is 0 Å². The van der Waals surface area contributed by atoms with Gasteiger partial charge in [0.2, 0.25) is 0 Å². The molecule has 0 atom stereocenters. The number of nitrogens with zero attached hydrogens (tertiary/aromatic N) is 1. The second-order valence-electron chi connectivity index (χ2n) is 5.98. The maximum atomic E-state index is 12.5. The van der Waals surface area contributed by atoms with Gasteiger partial charge in [-0.3, -0.25) is 15.0 Å². The van der Waals surface area contributed by atoms with Crippen LogP contribution in [0.25, 0.3) is 0 Å². The number of amides is 2. The summed E-state index contributed by atoms with van der Waals surface area (Å²) in [5, 5.41) is 1.02. The molecule has 0 bridgehead atoms. The van der Waals surface area contributed by atoms with Crippen molar-refractivity contribution in [1.29, 1.82) is 0 Å². The van der Waals surface area contributed by atoms with E-state index in [0.717, 1.165) is 11.9 Å². The molecule has 0 heterocycles. The zero-order valence-electron chi connectivity index (χ0n) is 13.4. The third-order valence-corrected chi connectivity index (χ3v) is 2.91. The van der Waals surface area contributed by atoms with Gasteiger partial charge in [-0.2, -0.15) is 13.2 Å². The number of halogens is 3. The van der Waals surface area contributed by atoms with E-state index in [9.17, 15) is 22.8 Å². The van der Waals surface area contributed by atoms with Gasteiger partial charge in [0.1, 0.15) is 0 Å². The summed E-state index contributed by atoms with van der Waals surface area (Å²) in [5.74, 6) is -1.52. The number of benzene rings is 1. The molecule has 1 aromatic carbocycles. The first-order valence-electron chi connectivity index (χ1n) is 6.88. The summed E-state index contributed by atoms with van der Waals surface area (Å²) in [6.45, 7) is 5.78. The molecule has 126 valence electrons. The average Bonchev–Trinajstić information content (AvgIpc) is 2.42. The van der Waals surface area contributed by atoms with Gasteiger partial charge in [-0.1, -0.05) is 18.2 Å². The first-order chi connectivity index (χ1) is 10.4. The van der Waals surface area contributed by atoms with Gasteiger partial charge in [0, 0.05) is 17.2 Å². The highest BCUT2D eigenvalue weighted by Crippen LogP contribution is 2.24. The number of carbonyl (C=O) groups is 2. The SMILES string of the molecule is C/C(=C/C(=O)NN(C(=O)c1ccccc1)C(C)(C)C)C(F)(F)F. The molecule has 7 heteroatoms. The van der Waals surface area contributed by atoms with Crippen molar-refractivity contribution in [3.63, 3.8) is 0 Å². The van der Waals surface area contributed by atoms with Crippen LogP contribution >= 0.6 is 0 Å². The highest BCUT2D eigenvalue weighted by atomic mass is 19.4. The summed E-state index contributed by atoms with van der Waals surface area (Å²) in [7, 11) is 0. The molecule has 0 aliphatic rings. The summed E-state index contributed by atoms with van der Waals surface area (Å²) >= 11 is 0. The number of alkyl halides is 3. The van der Waals surface area contributed by atoms with Gasteiger partial charge in [0.25, 0.3) is 11.8 Å². The number of nitrogens with one attached hydrogen (secondary N) is 1. The van der Waals surface area contributed by atoms with Crippen LogP contribution in [0.1, 0.15) is 38.1 Å². The maximum Gasteiger partial charge on any atom is 0.412 e. The first-order valence-corrected chi connectivity index (χ1v) is 6.88. The maximum absolute atomic E-state index is 12.5. The Morgan fingerprint density at radius 2 is 1.61 bits per heavy atom. The molecule has 0 unspecified atom stereocenters. The summed E-state index contributed by atoms with van der Waals surface area (Å²) in [6.07, 6.45) is -4.16. The molecular weight excluding hydrogens is 309 g/mol. The highest BCUT2D eigenvalue weighted by molar-refractivity contribution is 5.97. The Bertz CT molecular complexity index is 602. The molecular formula is C16H19F3N2O2. The standard InChI is InChI=1S/C16H19F3N2O2/c1-11(16(17,18)19)10-13(22)20-21(15(2,3)4)14(23)12-8-6-5-7-9-12/h5-10H,1-4H3,(H,20,22)/b11-10-. The lowest BCUT2D eigenvalue weighted by atomic mass is 10.1. The van der Waals surface area contributed by atoms with E-state index in [4.69, 9.17) is 0 Å². The van der Waals surface area contributed by atoms with Gasteiger partial charge in [-0.05, 0) is 39.8 Å². The fourth-order valence-electron chi connectivity index (χ4n) is 1.65. The largest absolute Gasteiger partial charge is 0.412 e. The molecule has 0 aliphatic carbocycles. The molecule has 0 spiro atoms. The zero-order valence-corrected chi connectivity index (χ0v) is 13.4. The molecule has 1 rings (SSSR count). The van der Waals surface area contributed by atoms with Gasteiger partial charge in [0.15, 0.2) is 0 Å². The van der Waals surface area contributed by atoms with Crippen LogP contribution in [0.4, 0.5) is 13.2 Å². The van der Waals surface area contributed by atoms with Gasteiger partial charge < -0.3 is 0 Å². The van der Waals surface area contributed by atoms with Crippen LogP contribution < -0.4 is 5.43 Å². The van der Waals surface area contributed by atoms with E-state index in [0.29, 0.717) is 11.6 Å². The second-order valence-corrected chi connectivity index (χ2v) is 5.98. The van der Waals surface area contributed by atoms with Gasteiger partial charge in [-0.25, -0.2) is 5.01 Å². The summed E-state index contributed by atoms with van der Waals surface area (Å²) in [6, 6.07) is 8.16. The molecule has 4 nitrogen and oxygen atoms in total. The predicted octanol–water partition coefficient (Wildman–Crippen LogP) is 3.47. The van der Waals surface area contributed by atoms with Crippen molar-refractivity contribution in [2.75, 3.05) is 0 Å². The number of carbonyl (C=O) groups excluding carboxylic acids is 2. The van der Waals surface area contributed by atoms with E-state index < -0.39 is 29.1 Å². The van der Waals surface area contributed by atoms with Crippen molar-refractivity contribution in [3.05, 3.63) is 47.5 Å². The fraction of sp³-hybridized carbons (Fsp3) is 0.375. The normalized spacial score (nSPS) is 12.7. The molecule has 0 radical (unpaired) electrons. The summed E-state index contributed by atoms with van der Waals surface area (Å²) in [5.41, 5.74) is 0.683. The van der Waals surface area contributed by atoms with Crippen molar-refractivity contribution >= 4 is 11.8 Å². The Morgan fingerprint density at radius 1 is 1.09 bits per heavy atom. The molecule has 1 N–H and O–H groups in total. The quantitative estimate of drug-likeness (QED) is 0.667. The molecule has 23 heavy (non-hydrogen) atoms. The van der Waals surface area contributed by atoms with E-state index in [1.165, 1.54) is 0 Å². The molecule has 0 saturated carbocycles. The predicted molar refractivity (Wildman–Crippen MR) is 80.3 cm³/mol. The van der Waals surface area contributed by atoms with Crippen LogP contribution in [-0.2, 0) is 4.79 Å². The second kappa shape index (κ2) is 6.85. The van der Waals surface area contributed by atoms with Crippen LogP contribution in [0.5, 0.6) is 0 Å². The van der Waals surface area contributed by atoms with Crippen molar-refractivity contribution < 1.29 is 22.8 Å². The Balaban J connectivity index is 3.02. The molecule has 0 fully saturated rings. The van der Waals surface area contributed by atoms with Crippen LogP contribution in [0.2, 0.25) is 0 Å². The third-order valence-electron chi connectivity index (χ3n) is 2.91. The van der Waals surface area contributed by atoms with Gasteiger partial charge in [-0.15, -0.1) is 0 Å². The minimum Gasteiger partial charge on any atom is -0.268 e. The van der Waals surface area contributed by atoms with Crippen LogP contribution in [0.3, 0.4) is 0 Å². The lowest BCUT2D eigenvalue weighted by Crippen LogP contribution is -2.55. The van der Waals surface area contributed by atoms with Crippen molar-refractivity contribution in [1.82, 2.24) is 10.4 Å². The summed E-state index contributed by atoms with van der Waals surface area (Å²) in [4.78, 5) is 24.3. The Hall–Kier alpha value is -2.31.